The Morgan fingerprint density at radius 3 is 2.82 bits per heavy atom. The van der Waals surface area contributed by atoms with Gasteiger partial charge < -0.3 is 14.6 Å². The molecule has 0 amide bonds. The summed E-state index contributed by atoms with van der Waals surface area (Å²) in [6.45, 7) is 0.717. The third kappa shape index (κ3) is 1.99. The Morgan fingerprint density at radius 1 is 1.53 bits per heavy atom. The second-order valence-electron chi connectivity index (χ2n) is 3.55. The van der Waals surface area contributed by atoms with Crippen molar-refractivity contribution < 1.29 is 22.7 Å². The van der Waals surface area contributed by atoms with Crippen molar-refractivity contribution in [1.82, 2.24) is 14.9 Å². The third-order valence-electron chi connectivity index (χ3n) is 2.51. The monoisotopic (exact) mass is 249 g/mol. The van der Waals surface area contributed by atoms with Crippen molar-refractivity contribution in [2.75, 3.05) is 13.7 Å². The lowest BCUT2D eigenvalue weighted by Crippen LogP contribution is -2.31. The maximum absolute atomic E-state index is 12.7. The predicted octanol–water partition coefficient (Wildman–Crippen LogP) is 0.792. The first-order chi connectivity index (χ1) is 7.95. The molecule has 0 saturated heterocycles. The van der Waals surface area contributed by atoms with Gasteiger partial charge in [-0.05, 0) is 0 Å². The molecule has 1 aromatic heterocycles. The maximum Gasteiger partial charge on any atom is 0.449 e. The Hall–Kier alpha value is -1.57. The van der Waals surface area contributed by atoms with E-state index in [-0.39, 0.29) is 24.5 Å². The van der Waals surface area contributed by atoms with Crippen LogP contribution < -0.4 is 5.32 Å². The number of ether oxygens (including phenoxy) is 1. The number of carbonyl (C=O) groups is 1. The van der Waals surface area contributed by atoms with Gasteiger partial charge in [0.1, 0.15) is 0 Å². The molecule has 0 spiro atoms. The van der Waals surface area contributed by atoms with Gasteiger partial charge in [-0.25, -0.2) is 9.78 Å². The van der Waals surface area contributed by atoms with E-state index in [0.717, 1.165) is 11.7 Å². The zero-order chi connectivity index (χ0) is 12.6. The summed E-state index contributed by atoms with van der Waals surface area (Å²) >= 11 is 0. The van der Waals surface area contributed by atoms with Crippen molar-refractivity contribution in [1.29, 1.82) is 0 Å². The summed E-state index contributed by atoms with van der Waals surface area (Å²) in [6.07, 6.45) is -4.57. The number of imidazole rings is 1. The van der Waals surface area contributed by atoms with Gasteiger partial charge in [-0.1, -0.05) is 0 Å². The number of carbonyl (C=O) groups excluding carboxylic acids is 1. The molecule has 2 rings (SSSR count). The fourth-order valence-electron chi connectivity index (χ4n) is 1.78. The molecule has 0 fully saturated rings. The van der Waals surface area contributed by atoms with Gasteiger partial charge >= 0.3 is 12.1 Å². The first-order valence-corrected chi connectivity index (χ1v) is 4.90. The van der Waals surface area contributed by atoms with E-state index in [2.05, 4.69) is 15.0 Å². The van der Waals surface area contributed by atoms with Crippen LogP contribution in [0.25, 0.3) is 0 Å². The molecule has 0 saturated carbocycles. The molecule has 1 N–H and O–H groups in total. The molecule has 0 aliphatic carbocycles. The van der Waals surface area contributed by atoms with Crippen LogP contribution in [0.15, 0.2) is 0 Å². The Balaban J connectivity index is 2.55. The van der Waals surface area contributed by atoms with E-state index in [9.17, 15) is 18.0 Å². The molecule has 94 valence electrons. The molecule has 0 radical (unpaired) electrons. The summed E-state index contributed by atoms with van der Waals surface area (Å²) in [6, 6.07) is 0. The summed E-state index contributed by atoms with van der Waals surface area (Å²) in [7, 11) is 1.11. The maximum atomic E-state index is 12.7. The molecule has 17 heavy (non-hydrogen) atoms. The normalized spacial score (nSPS) is 15.5. The van der Waals surface area contributed by atoms with Crippen molar-refractivity contribution in [3.05, 3.63) is 17.2 Å². The summed E-state index contributed by atoms with van der Waals surface area (Å²) in [5, 5.41) is 2.89. The van der Waals surface area contributed by atoms with Gasteiger partial charge in [-0.2, -0.15) is 13.2 Å². The molecule has 0 atom stereocenters. The lowest BCUT2D eigenvalue weighted by atomic mass is 10.2. The van der Waals surface area contributed by atoms with Gasteiger partial charge in [-0.15, -0.1) is 0 Å². The van der Waals surface area contributed by atoms with Crippen LogP contribution in [0.2, 0.25) is 0 Å². The second-order valence-corrected chi connectivity index (χ2v) is 3.55. The molecule has 8 heteroatoms. The average Bonchev–Trinajstić information content (AvgIpc) is 2.67. The topological polar surface area (TPSA) is 56.1 Å². The summed E-state index contributed by atoms with van der Waals surface area (Å²) in [5.41, 5.74) is -0.0533. The van der Waals surface area contributed by atoms with Crippen molar-refractivity contribution in [2.24, 2.45) is 0 Å². The van der Waals surface area contributed by atoms with Crippen LogP contribution in [0, 0.1) is 0 Å². The molecule has 2 heterocycles. The molecular weight excluding hydrogens is 239 g/mol. The molecule has 0 aromatic carbocycles. The fraction of sp³-hybridized carbons (Fsp3) is 0.556. The van der Waals surface area contributed by atoms with Gasteiger partial charge in [0.15, 0.2) is 5.69 Å². The molecule has 5 nitrogen and oxygen atoms in total. The van der Waals surface area contributed by atoms with Crippen LogP contribution in [0.5, 0.6) is 0 Å². The molecule has 1 aromatic rings. The smallest absolute Gasteiger partial charge is 0.449 e. The number of alkyl halides is 3. The van der Waals surface area contributed by atoms with E-state index >= 15 is 0 Å². The standard InChI is InChI=1S/C9H10F3N3O2/c1-17-7(16)6-5-4-13-2-3-15(5)8(14-6)9(10,11)12/h13H,2-4H2,1H3. The highest BCUT2D eigenvalue weighted by molar-refractivity contribution is 5.88. The quantitative estimate of drug-likeness (QED) is 0.748. The minimum Gasteiger partial charge on any atom is -0.464 e. The number of aromatic nitrogens is 2. The summed E-state index contributed by atoms with van der Waals surface area (Å²) in [4.78, 5) is 14.7. The average molecular weight is 249 g/mol. The SMILES string of the molecule is COC(=O)c1nc(C(F)(F)F)n2c1CNCC2. The lowest BCUT2D eigenvalue weighted by molar-refractivity contribution is -0.147. The Morgan fingerprint density at radius 2 is 2.24 bits per heavy atom. The number of hydrogen-bond acceptors (Lipinski definition) is 4. The van der Waals surface area contributed by atoms with Crippen LogP contribution in [-0.2, 0) is 24.0 Å². The zero-order valence-corrected chi connectivity index (χ0v) is 8.97. The van der Waals surface area contributed by atoms with Gasteiger partial charge in [0.25, 0.3) is 0 Å². The molecule has 1 aliphatic heterocycles. The molecular formula is C9H10F3N3O2. The number of esters is 1. The zero-order valence-electron chi connectivity index (χ0n) is 8.97. The van der Waals surface area contributed by atoms with Crippen LogP contribution in [-0.4, -0.2) is 29.2 Å². The fourth-order valence-corrected chi connectivity index (χ4v) is 1.78. The highest BCUT2D eigenvalue weighted by Crippen LogP contribution is 2.31. The number of nitrogens with zero attached hydrogens (tertiary/aromatic N) is 2. The summed E-state index contributed by atoms with van der Waals surface area (Å²) in [5.74, 6) is -1.90. The van der Waals surface area contributed by atoms with Gasteiger partial charge in [0.05, 0.1) is 12.8 Å². The lowest BCUT2D eigenvalue weighted by Gasteiger charge is -2.18. The van der Waals surface area contributed by atoms with E-state index in [4.69, 9.17) is 0 Å². The van der Waals surface area contributed by atoms with E-state index in [0.29, 0.717) is 6.54 Å². The van der Waals surface area contributed by atoms with Gasteiger partial charge in [0, 0.05) is 19.6 Å². The number of methoxy groups -OCH3 is 1. The van der Waals surface area contributed by atoms with Crippen molar-refractivity contribution in [3.63, 3.8) is 0 Å². The molecule has 0 unspecified atom stereocenters. The highest BCUT2D eigenvalue weighted by atomic mass is 19.4. The predicted molar refractivity (Wildman–Crippen MR) is 50.3 cm³/mol. The van der Waals surface area contributed by atoms with E-state index < -0.39 is 18.0 Å². The van der Waals surface area contributed by atoms with Gasteiger partial charge in [-0.3, -0.25) is 0 Å². The van der Waals surface area contributed by atoms with Crippen molar-refractivity contribution in [2.45, 2.75) is 19.3 Å². The summed E-state index contributed by atoms with van der Waals surface area (Å²) < 4.78 is 43.5. The Bertz CT molecular complexity index is 453. The Labute approximate surface area is 94.6 Å². The molecule has 0 bridgehead atoms. The van der Waals surface area contributed by atoms with E-state index in [1.165, 1.54) is 0 Å². The highest BCUT2D eigenvalue weighted by Gasteiger charge is 2.40. The number of fused-ring (bicyclic) bond motifs is 1. The Kier molecular flexibility index (Phi) is 2.82. The van der Waals surface area contributed by atoms with Crippen molar-refractivity contribution in [3.8, 4) is 0 Å². The van der Waals surface area contributed by atoms with E-state index in [1.807, 2.05) is 0 Å². The van der Waals surface area contributed by atoms with Gasteiger partial charge in [0.2, 0.25) is 5.82 Å². The van der Waals surface area contributed by atoms with Crippen LogP contribution >= 0.6 is 0 Å². The number of rotatable bonds is 1. The number of hydrogen-bond donors (Lipinski definition) is 1. The minimum absolute atomic E-state index is 0.133. The molecule has 1 aliphatic rings. The van der Waals surface area contributed by atoms with Crippen LogP contribution in [0.1, 0.15) is 22.0 Å². The first-order valence-electron chi connectivity index (χ1n) is 4.90. The van der Waals surface area contributed by atoms with Crippen LogP contribution in [0.4, 0.5) is 13.2 Å². The number of nitrogens with one attached hydrogen (secondary N) is 1. The van der Waals surface area contributed by atoms with E-state index in [1.54, 1.807) is 0 Å². The van der Waals surface area contributed by atoms with Crippen LogP contribution in [0.3, 0.4) is 0 Å². The van der Waals surface area contributed by atoms with Crippen molar-refractivity contribution >= 4 is 5.97 Å². The minimum atomic E-state index is -4.57. The number of halogens is 3. The third-order valence-corrected chi connectivity index (χ3v) is 2.51. The first kappa shape index (κ1) is 11.9. The largest absolute Gasteiger partial charge is 0.464 e. The second kappa shape index (κ2) is 4.02.